The molecule has 1 saturated heterocycles. The molecule has 2 spiro atoms. The van der Waals surface area contributed by atoms with E-state index in [0.29, 0.717) is 18.4 Å². The van der Waals surface area contributed by atoms with Crippen molar-refractivity contribution in [1.29, 1.82) is 0 Å². The molecule has 4 nitrogen and oxygen atoms in total. The summed E-state index contributed by atoms with van der Waals surface area (Å²) in [6.45, 7) is 0.312. The number of aliphatic hydroxyl groups is 1. The molecule has 0 unspecified atom stereocenters. The van der Waals surface area contributed by atoms with Gasteiger partial charge in [-0.3, -0.25) is 0 Å². The van der Waals surface area contributed by atoms with Crippen molar-refractivity contribution in [2.75, 3.05) is 6.61 Å². The second-order valence-corrected chi connectivity index (χ2v) is 9.01. The molecule has 5 saturated carbocycles. The van der Waals surface area contributed by atoms with Crippen molar-refractivity contribution in [2.24, 2.45) is 29.6 Å². The Hall–Kier alpha value is -0.160. The van der Waals surface area contributed by atoms with E-state index in [-0.39, 0.29) is 0 Å². The molecular weight excluding hydrogens is 292 g/mol. The summed E-state index contributed by atoms with van der Waals surface area (Å²) in [4.78, 5) is 12.0. The number of hydrogen-bond acceptors (Lipinski definition) is 4. The second-order valence-electron chi connectivity index (χ2n) is 9.01. The van der Waals surface area contributed by atoms with Gasteiger partial charge >= 0.3 is 0 Å². The van der Waals surface area contributed by atoms with E-state index in [4.69, 9.17) is 19.6 Å². The van der Waals surface area contributed by atoms with Crippen LogP contribution in [0.3, 0.4) is 0 Å². The maximum atomic E-state index is 9.02. The van der Waals surface area contributed by atoms with Gasteiger partial charge in [-0.15, -0.1) is 0 Å². The van der Waals surface area contributed by atoms with Crippen LogP contribution in [0.4, 0.5) is 0 Å². The van der Waals surface area contributed by atoms with Crippen molar-refractivity contribution >= 4 is 0 Å². The number of hydrogen-bond donors (Lipinski definition) is 1. The SMILES string of the molecule is OCCC[C@H]1CC[C@]2(CC1)OO[C@]1(O2)C2CC3CC(C2)CC1C3. The molecule has 6 aliphatic rings. The average molecular weight is 322 g/mol. The van der Waals surface area contributed by atoms with E-state index in [1.165, 1.54) is 32.1 Å². The Labute approximate surface area is 138 Å². The fourth-order valence-corrected chi connectivity index (χ4v) is 6.58. The van der Waals surface area contributed by atoms with Gasteiger partial charge in [0.05, 0.1) is 0 Å². The smallest absolute Gasteiger partial charge is 0.210 e. The molecule has 0 atom stereocenters. The Morgan fingerprint density at radius 3 is 2.13 bits per heavy atom. The van der Waals surface area contributed by atoms with Crippen molar-refractivity contribution in [3.8, 4) is 0 Å². The lowest BCUT2D eigenvalue weighted by Gasteiger charge is -2.57. The van der Waals surface area contributed by atoms with Crippen molar-refractivity contribution < 1.29 is 19.6 Å². The number of aliphatic hydroxyl groups excluding tert-OH is 1. The van der Waals surface area contributed by atoms with Gasteiger partial charge in [0.1, 0.15) is 0 Å². The van der Waals surface area contributed by atoms with Gasteiger partial charge in [0.25, 0.3) is 0 Å². The fraction of sp³-hybridized carbons (Fsp3) is 1.00. The maximum Gasteiger partial charge on any atom is 0.210 e. The van der Waals surface area contributed by atoms with Crippen molar-refractivity contribution in [3.63, 3.8) is 0 Å². The van der Waals surface area contributed by atoms with Crippen LogP contribution in [0, 0.1) is 29.6 Å². The van der Waals surface area contributed by atoms with Gasteiger partial charge in [-0.25, -0.2) is 0 Å². The first-order chi connectivity index (χ1) is 11.2. The van der Waals surface area contributed by atoms with E-state index in [1.54, 1.807) is 0 Å². The largest absolute Gasteiger partial charge is 0.396 e. The normalized spacial score (nSPS) is 54.4. The summed E-state index contributed by atoms with van der Waals surface area (Å²) in [5, 5.41) is 9.02. The highest BCUT2D eigenvalue weighted by molar-refractivity contribution is 5.05. The molecule has 5 aliphatic carbocycles. The summed E-state index contributed by atoms with van der Waals surface area (Å²) >= 11 is 0. The molecule has 4 heteroatoms. The number of rotatable bonds is 3. The van der Waals surface area contributed by atoms with E-state index in [2.05, 4.69) is 0 Å². The molecular formula is C19H30O4. The first-order valence-electron chi connectivity index (χ1n) is 9.89. The van der Waals surface area contributed by atoms with E-state index in [0.717, 1.165) is 56.3 Å². The lowest BCUT2D eigenvalue weighted by molar-refractivity contribution is -0.390. The van der Waals surface area contributed by atoms with Crippen LogP contribution in [-0.2, 0) is 14.5 Å². The minimum Gasteiger partial charge on any atom is -0.396 e. The summed E-state index contributed by atoms with van der Waals surface area (Å²) in [5.74, 6) is 2.80. The lowest BCUT2D eigenvalue weighted by Crippen LogP contribution is -2.59. The standard InChI is InChI=1S/C19H30O4/c20-7-1-2-13-3-5-18(6-4-13)21-19(23-22-18)16-9-14-8-15(11-16)12-17(19)10-14/h13-17,20H,1-12H2/t13-,14?,15?,16?,17?,18+,19-. The van der Waals surface area contributed by atoms with Crippen LogP contribution in [0.2, 0.25) is 0 Å². The predicted octanol–water partition coefficient (Wildman–Crippen LogP) is 3.78. The molecule has 0 aromatic rings. The Balaban J connectivity index is 1.28. The van der Waals surface area contributed by atoms with E-state index in [9.17, 15) is 0 Å². The average Bonchev–Trinajstić information content (AvgIpc) is 2.92. The third-order valence-electron chi connectivity index (χ3n) is 7.58. The summed E-state index contributed by atoms with van der Waals surface area (Å²) in [7, 11) is 0. The summed E-state index contributed by atoms with van der Waals surface area (Å²) < 4.78 is 6.71. The van der Waals surface area contributed by atoms with Crippen LogP contribution in [-0.4, -0.2) is 23.3 Å². The van der Waals surface area contributed by atoms with Crippen LogP contribution in [0.1, 0.15) is 70.6 Å². The zero-order valence-electron chi connectivity index (χ0n) is 14.0. The van der Waals surface area contributed by atoms with Crippen LogP contribution in [0.15, 0.2) is 0 Å². The third kappa shape index (κ3) is 2.32. The second kappa shape index (κ2) is 5.42. The molecule has 6 rings (SSSR count). The molecule has 23 heavy (non-hydrogen) atoms. The maximum absolute atomic E-state index is 9.02. The lowest BCUT2D eigenvalue weighted by atomic mass is 9.53. The highest BCUT2D eigenvalue weighted by atomic mass is 17.3. The minimum atomic E-state index is -0.467. The zero-order valence-corrected chi connectivity index (χ0v) is 14.0. The van der Waals surface area contributed by atoms with Crippen molar-refractivity contribution in [3.05, 3.63) is 0 Å². The number of ether oxygens (including phenoxy) is 1. The molecule has 0 amide bonds. The molecule has 0 radical (unpaired) electrons. The molecule has 1 N–H and O–H groups in total. The fourth-order valence-electron chi connectivity index (χ4n) is 6.58. The third-order valence-corrected chi connectivity index (χ3v) is 7.58. The Bertz CT molecular complexity index is 426. The van der Waals surface area contributed by atoms with Gasteiger partial charge in [0, 0.05) is 31.3 Å². The topological polar surface area (TPSA) is 47.9 Å². The minimum absolute atomic E-state index is 0.312. The van der Waals surface area contributed by atoms with Crippen molar-refractivity contribution in [1.82, 2.24) is 0 Å². The predicted molar refractivity (Wildman–Crippen MR) is 84.0 cm³/mol. The highest BCUT2D eigenvalue weighted by Crippen LogP contribution is 2.63. The Morgan fingerprint density at radius 1 is 0.870 bits per heavy atom. The molecule has 6 fully saturated rings. The summed E-state index contributed by atoms with van der Waals surface area (Å²) in [6.07, 6.45) is 12.8. The molecule has 0 aromatic carbocycles. The zero-order chi connectivity index (χ0) is 15.5. The first kappa shape index (κ1) is 15.1. The summed E-state index contributed by atoms with van der Waals surface area (Å²) in [5.41, 5.74) is 0. The summed E-state index contributed by atoms with van der Waals surface area (Å²) in [6, 6.07) is 0. The quantitative estimate of drug-likeness (QED) is 0.803. The Morgan fingerprint density at radius 2 is 1.52 bits per heavy atom. The Kier molecular flexibility index (Phi) is 3.56. The van der Waals surface area contributed by atoms with E-state index in [1.807, 2.05) is 0 Å². The van der Waals surface area contributed by atoms with Gasteiger partial charge in [-0.05, 0) is 75.5 Å². The highest BCUT2D eigenvalue weighted by Gasteiger charge is 2.66. The molecule has 1 aliphatic heterocycles. The van der Waals surface area contributed by atoms with Crippen molar-refractivity contribution in [2.45, 2.75) is 82.2 Å². The molecule has 130 valence electrons. The van der Waals surface area contributed by atoms with Gasteiger partial charge in [0.15, 0.2) is 0 Å². The van der Waals surface area contributed by atoms with Gasteiger partial charge in [0.2, 0.25) is 11.6 Å². The van der Waals surface area contributed by atoms with Crippen LogP contribution < -0.4 is 0 Å². The molecule has 4 bridgehead atoms. The van der Waals surface area contributed by atoms with Crippen LogP contribution in [0.5, 0.6) is 0 Å². The van der Waals surface area contributed by atoms with Crippen LogP contribution in [0.25, 0.3) is 0 Å². The van der Waals surface area contributed by atoms with Gasteiger partial charge in [-0.2, -0.15) is 9.78 Å². The van der Waals surface area contributed by atoms with E-state index < -0.39 is 11.6 Å². The van der Waals surface area contributed by atoms with E-state index >= 15 is 0 Å². The van der Waals surface area contributed by atoms with Gasteiger partial charge < -0.3 is 9.84 Å². The van der Waals surface area contributed by atoms with Gasteiger partial charge in [-0.1, -0.05) is 0 Å². The van der Waals surface area contributed by atoms with Crippen LogP contribution >= 0.6 is 0 Å². The molecule has 1 heterocycles. The molecule has 0 aromatic heterocycles. The monoisotopic (exact) mass is 322 g/mol. The first-order valence-corrected chi connectivity index (χ1v) is 9.89.